The summed E-state index contributed by atoms with van der Waals surface area (Å²) in [7, 11) is 3.09. The van der Waals surface area contributed by atoms with Gasteiger partial charge in [-0.05, 0) is 34.5 Å². The molecule has 4 heteroatoms. The van der Waals surface area contributed by atoms with Crippen molar-refractivity contribution < 1.29 is 14.3 Å². The molecule has 0 aliphatic heterocycles. The molecule has 1 aromatic carbocycles. The summed E-state index contributed by atoms with van der Waals surface area (Å²) in [6.07, 6.45) is 0.794. The summed E-state index contributed by atoms with van der Waals surface area (Å²) in [6, 6.07) is 1.66. The lowest BCUT2D eigenvalue weighted by atomic mass is 10.1. The number of methoxy groups -OCH3 is 2. The minimum atomic E-state index is 0.548. The fourth-order valence-electron chi connectivity index (χ4n) is 1.18. The van der Waals surface area contributed by atoms with Gasteiger partial charge < -0.3 is 9.47 Å². The lowest BCUT2D eigenvalue weighted by Crippen LogP contribution is -1.96. The van der Waals surface area contributed by atoms with E-state index in [0.29, 0.717) is 17.1 Å². The highest BCUT2D eigenvalue weighted by Gasteiger charge is 2.14. The molecule has 0 bridgehead atoms. The third-order valence-electron chi connectivity index (χ3n) is 2.02. The monoisotopic (exact) mass is 258 g/mol. The van der Waals surface area contributed by atoms with Crippen LogP contribution in [-0.2, 0) is 0 Å². The molecule has 0 aromatic heterocycles. The summed E-state index contributed by atoms with van der Waals surface area (Å²) < 4.78 is 11.0. The van der Waals surface area contributed by atoms with Crippen LogP contribution in [0.15, 0.2) is 10.5 Å². The molecule has 0 radical (unpaired) electrons. The van der Waals surface area contributed by atoms with E-state index in [0.717, 1.165) is 16.3 Å². The number of hydrogen-bond donors (Lipinski definition) is 0. The van der Waals surface area contributed by atoms with Gasteiger partial charge in [-0.3, -0.25) is 4.79 Å². The predicted molar refractivity (Wildman–Crippen MR) is 57.4 cm³/mol. The van der Waals surface area contributed by atoms with E-state index in [1.54, 1.807) is 13.2 Å². The number of aldehydes is 1. The maximum absolute atomic E-state index is 10.7. The Morgan fingerprint density at radius 2 is 2.00 bits per heavy atom. The lowest BCUT2D eigenvalue weighted by molar-refractivity contribution is 0.112. The zero-order chi connectivity index (χ0) is 10.7. The van der Waals surface area contributed by atoms with Gasteiger partial charge in [-0.25, -0.2) is 0 Å². The van der Waals surface area contributed by atoms with Gasteiger partial charge in [0.15, 0.2) is 11.5 Å². The van der Waals surface area contributed by atoms with Crippen molar-refractivity contribution in [3.05, 3.63) is 21.7 Å². The second-order valence-electron chi connectivity index (χ2n) is 2.76. The standard InChI is InChI=1S/C10H11BrO3/c1-6-7(5-12)4-8(13-2)10(14-3)9(6)11/h4-5H,1-3H3. The maximum Gasteiger partial charge on any atom is 0.175 e. The Bertz CT molecular complexity index is 361. The quantitative estimate of drug-likeness (QED) is 0.782. The minimum absolute atomic E-state index is 0.548. The predicted octanol–water partition coefficient (Wildman–Crippen LogP) is 2.59. The van der Waals surface area contributed by atoms with Crippen LogP contribution in [0.25, 0.3) is 0 Å². The summed E-state index contributed by atoms with van der Waals surface area (Å²) in [6.45, 7) is 1.84. The van der Waals surface area contributed by atoms with E-state index >= 15 is 0 Å². The molecule has 3 nitrogen and oxygen atoms in total. The van der Waals surface area contributed by atoms with Crippen LogP contribution in [0.4, 0.5) is 0 Å². The average molecular weight is 259 g/mol. The Balaban J connectivity index is 3.45. The molecule has 0 aliphatic carbocycles. The van der Waals surface area contributed by atoms with Crippen LogP contribution in [-0.4, -0.2) is 20.5 Å². The van der Waals surface area contributed by atoms with E-state index in [-0.39, 0.29) is 0 Å². The SMILES string of the molecule is COc1cc(C=O)c(C)c(Br)c1OC. The summed E-state index contributed by atoms with van der Waals surface area (Å²) in [5.74, 6) is 1.16. The van der Waals surface area contributed by atoms with E-state index in [1.165, 1.54) is 7.11 Å². The molecule has 14 heavy (non-hydrogen) atoms. The Labute approximate surface area is 91.1 Å². The molecular formula is C10H11BrO3. The number of rotatable bonds is 3. The Morgan fingerprint density at radius 3 is 2.43 bits per heavy atom. The van der Waals surface area contributed by atoms with E-state index in [2.05, 4.69) is 15.9 Å². The van der Waals surface area contributed by atoms with Crippen LogP contribution in [0.1, 0.15) is 15.9 Å². The van der Waals surface area contributed by atoms with Crippen LogP contribution in [0.2, 0.25) is 0 Å². The zero-order valence-corrected chi connectivity index (χ0v) is 9.84. The Morgan fingerprint density at radius 1 is 1.36 bits per heavy atom. The summed E-state index contributed by atoms with van der Waals surface area (Å²) in [4.78, 5) is 10.7. The molecule has 0 N–H and O–H groups in total. The van der Waals surface area contributed by atoms with Gasteiger partial charge in [-0.2, -0.15) is 0 Å². The number of hydrogen-bond acceptors (Lipinski definition) is 3. The van der Waals surface area contributed by atoms with Crippen molar-refractivity contribution in [2.24, 2.45) is 0 Å². The van der Waals surface area contributed by atoms with Crippen LogP contribution >= 0.6 is 15.9 Å². The van der Waals surface area contributed by atoms with Crippen LogP contribution in [0, 0.1) is 6.92 Å². The second kappa shape index (κ2) is 4.46. The van der Waals surface area contributed by atoms with Crippen molar-refractivity contribution in [1.29, 1.82) is 0 Å². The zero-order valence-electron chi connectivity index (χ0n) is 8.26. The van der Waals surface area contributed by atoms with Crippen molar-refractivity contribution >= 4 is 22.2 Å². The first-order chi connectivity index (χ1) is 6.65. The minimum Gasteiger partial charge on any atom is -0.493 e. The fourth-order valence-corrected chi connectivity index (χ4v) is 1.77. The summed E-state index contributed by atoms with van der Waals surface area (Å²) in [5.41, 5.74) is 1.44. The lowest BCUT2D eigenvalue weighted by Gasteiger charge is -2.12. The van der Waals surface area contributed by atoms with Gasteiger partial charge in [-0.1, -0.05) is 0 Å². The maximum atomic E-state index is 10.7. The molecule has 0 atom stereocenters. The van der Waals surface area contributed by atoms with E-state index in [9.17, 15) is 4.79 Å². The first-order valence-electron chi connectivity index (χ1n) is 4.02. The number of carbonyl (C=O) groups is 1. The van der Waals surface area contributed by atoms with Gasteiger partial charge in [0.05, 0.1) is 18.7 Å². The molecule has 0 amide bonds. The summed E-state index contributed by atoms with van der Waals surface area (Å²) >= 11 is 3.36. The van der Waals surface area contributed by atoms with Crippen LogP contribution in [0.5, 0.6) is 11.5 Å². The molecular weight excluding hydrogens is 248 g/mol. The van der Waals surface area contributed by atoms with Crippen LogP contribution in [0.3, 0.4) is 0 Å². The molecule has 0 fully saturated rings. The molecule has 0 aliphatic rings. The third kappa shape index (κ3) is 1.75. The third-order valence-corrected chi connectivity index (χ3v) is 2.98. The van der Waals surface area contributed by atoms with Crippen molar-refractivity contribution in [2.45, 2.75) is 6.92 Å². The van der Waals surface area contributed by atoms with Gasteiger partial charge in [-0.15, -0.1) is 0 Å². The average Bonchev–Trinajstić information content (AvgIpc) is 2.21. The highest BCUT2D eigenvalue weighted by molar-refractivity contribution is 9.10. The molecule has 0 saturated heterocycles. The summed E-state index contributed by atoms with van der Waals surface area (Å²) in [5, 5.41) is 0. The molecule has 1 aromatic rings. The molecule has 0 spiro atoms. The molecule has 0 saturated carbocycles. The smallest absolute Gasteiger partial charge is 0.175 e. The highest BCUT2D eigenvalue weighted by atomic mass is 79.9. The Hall–Kier alpha value is -1.03. The van der Waals surface area contributed by atoms with Gasteiger partial charge in [0, 0.05) is 5.56 Å². The van der Waals surface area contributed by atoms with Gasteiger partial charge in [0.2, 0.25) is 0 Å². The second-order valence-corrected chi connectivity index (χ2v) is 3.55. The van der Waals surface area contributed by atoms with E-state index in [1.807, 2.05) is 6.92 Å². The largest absolute Gasteiger partial charge is 0.493 e. The number of carbonyl (C=O) groups excluding carboxylic acids is 1. The van der Waals surface area contributed by atoms with Crippen molar-refractivity contribution in [2.75, 3.05) is 14.2 Å². The van der Waals surface area contributed by atoms with Crippen molar-refractivity contribution in [1.82, 2.24) is 0 Å². The first kappa shape index (κ1) is 11.0. The number of benzene rings is 1. The first-order valence-corrected chi connectivity index (χ1v) is 4.81. The van der Waals surface area contributed by atoms with Crippen LogP contribution < -0.4 is 9.47 Å². The normalized spacial score (nSPS) is 9.71. The van der Waals surface area contributed by atoms with E-state index < -0.39 is 0 Å². The molecule has 76 valence electrons. The molecule has 1 rings (SSSR count). The Kier molecular flexibility index (Phi) is 3.52. The van der Waals surface area contributed by atoms with E-state index in [4.69, 9.17) is 9.47 Å². The molecule has 0 unspecified atom stereocenters. The highest BCUT2D eigenvalue weighted by Crippen LogP contribution is 2.38. The number of halogens is 1. The van der Waals surface area contributed by atoms with Crippen molar-refractivity contribution in [3.63, 3.8) is 0 Å². The van der Waals surface area contributed by atoms with Gasteiger partial charge in [0.25, 0.3) is 0 Å². The topological polar surface area (TPSA) is 35.5 Å². The van der Waals surface area contributed by atoms with Gasteiger partial charge in [0.1, 0.15) is 6.29 Å². The molecule has 0 heterocycles. The number of ether oxygens (including phenoxy) is 2. The van der Waals surface area contributed by atoms with Crippen molar-refractivity contribution in [3.8, 4) is 11.5 Å². The fraction of sp³-hybridized carbons (Fsp3) is 0.300. The van der Waals surface area contributed by atoms with Gasteiger partial charge >= 0.3 is 0 Å².